The molecule has 1 aromatic rings. The molecule has 0 spiro atoms. The number of benzene rings is 1. The van der Waals surface area contributed by atoms with Gasteiger partial charge in [-0.1, -0.05) is 24.3 Å². The lowest BCUT2D eigenvalue weighted by molar-refractivity contribution is -0.122. The van der Waals surface area contributed by atoms with E-state index in [-0.39, 0.29) is 11.9 Å². The Kier molecular flexibility index (Phi) is 4.66. The second-order valence-electron chi connectivity index (χ2n) is 4.61. The van der Waals surface area contributed by atoms with Crippen LogP contribution in [0, 0.1) is 0 Å². The molecule has 0 saturated heterocycles. The van der Waals surface area contributed by atoms with E-state index in [1.165, 1.54) is 0 Å². The van der Waals surface area contributed by atoms with Crippen molar-refractivity contribution in [1.29, 1.82) is 0 Å². The molecule has 4 heteroatoms. The number of carbonyl (C=O) groups excluding carboxylic acids is 1. The van der Waals surface area contributed by atoms with E-state index in [1.807, 2.05) is 30.5 Å². The number of aliphatic hydroxyl groups is 1. The van der Waals surface area contributed by atoms with Crippen LogP contribution >= 0.6 is 11.8 Å². The quantitative estimate of drug-likeness (QED) is 0.800. The molecule has 3 nitrogen and oxygen atoms in total. The lowest BCUT2D eigenvalue weighted by Crippen LogP contribution is -2.33. The third-order valence-electron chi connectivity index (χ3n) is 3.27. The van der Waals surface area contributed by atoms with Gasteiger partial charge in [0.15, 0.2) is 0 Å². The first-order valence-electron chi connectivity index (χ1n) is 6.26. The average molecular weight is 265 g/mol. The first-order chi connectivity index (χ1) is 8.72. The van der Waals surface area contributed by atoms with Gasteiger partial charge in [0.2, 0.25) is 5.91 Å². The Labute approximate surface area is 112 Å². The Balaban J connectivity index is 1.95. The van der Waals surface area contributed by atoms with Crippen LogP contribution in [0.2, 0.25) is 0 Å². The smallest absolute Gasteiger partial charge is 0.220 e. The summed E-state index contributed by atoms with van der Waals surface area (Å²) in [4.78, 5) is 11.8. The van der Waals surface area contributed by atoms with Crippen molar-refractivity contribution < 1.29 is 9.90 Å². The van der Waals surface area contributed by atoms with Crippen molar-refractivity contribution in [1.82, 2.24) is 5.32 Å². The molecule has 0 heterocycles. The zero-order chi connectivity index (χ0) is 13.0. The second kappa shape index (κ2) is 6.25. The van der Waals surface area contributed by atoms with Crippen LogP contribution < -0.4 is 5.32 Å². The number of rotatable bonds is 5. The van der Waals surface area contributed by atoms with E-state index < -0.39 is 6.10 Å². The van der Waals surface area contributed by atoms with Gasteiger partial charge in [0.1, 0.15) is 0 Å². The van der Waals surface area contributed by atoms with E-state index in [2.05, 4.69) is 5.32 Å². The highest BCUT2D eigenvalue weighted by Crippen LogP contribution is 2.31. The van der Waals surface area contributed by atoms with Crippen LogP contribution in [0.4, 0.5) is 0 Å². The number of carbonyl (C=O) groups is 1. The van der Waals surface area contributed by atoms with Gasteiger partial charge < -0.3 is 10.4 Å². The second-order valence-corrected chi connectivity index (χ2v) is 5.60. The summed E-state index contributed by atoms with van der Waals surface area (Å²) in [6.07, 6.45) is 3.59. The van der Waals surface area contributed by atoms with Gasteiger partial charge in [-0.15, -0.1) is 0 Å². The molecule has 0 radical (unpaired) electrons. The zero-order valence-electron chi connectivity index (χ0n) is 10.6. The van der Waals surface area contributed by atoms with Crippen LogP contribution in [0.5, 0.6) is 0 Å². The predicted octanol–water partition coefficient (Wildman–Crippen LogP) is 1.90. The number of hydrogen-bond acceptors (Lipinski definition) is 3. The van der Waals surface area contributed by atoms with E-state index in [9.17, 15) is 9.90 Å². The normalized spacial score (nSPS) is 21.7. The monoisotopic (exact) mass is 265 g/mol. The number of fused-ring (bicyclic) bond motifs is 1. The van der Waals surface area contributed by atoms with Crippen molar-refractivity contribution in [3.8, 4) is 0 Å². The van der Waals surface area contributed by atoms with Crippen molar-refractivity contribution in [2.45, 2.75) is 31.4 Å². The highest BCUT2D eigenvalue weighted by atomic mass is 32.2. The van der Waals surface area contributed by atoms with Gasteiger partial charge in [-0.2, -0.15) is 11.8 Å². The van der Waals surface area contributed by atoms with Crippen molar-refractivity contribution in [2.75, 3.05) is 12.0 Å². The van der Waals surface area contributed by atoms with Crippen molar-refractivity contribution in [2.24, 2.45) is 0 Å². The zero-order valence-corrected chi connectivity index (χ0v) is 11.4. The van der Waals surface area contributed by atoms with E-state index in [0.717, 1.165) is 23.3 Å². The van der Waals surface area contributed by atoms with Crippen LogP contribution in [-0.4, -0.2) is 29.1 Å². The van der Waals surface area contributed by atoms with Gasteiger partial charge >= 0.3 is 0 Å². The van der Waals surface area contributed by atoms with Gasteiger partial charge in [0, 0.05) is 12.8 Å². The maximum atomic E-state index is 11.8. The molecule has 1 amide bonds. The third-order valence-corrected chi connectivity index (χ3v) is 3.97. The molecular formula is C14H19NO2S. The topological polar surface area (TPSA) is 49.3 Å². The maximum absolute atomic E-state index is 11.8. The Morgan fingerprint density at radius 3 is 3.06 bits per heavy atom. The van der Waals surface area contributed by atoms with Crippen LogP contribution in [0.15, 0.2) is 24.3 Å². The van der Waals surface area contributed by atoms with Gasteiger partial charge in [-0.3, -0.25) is 4.79 Å². The minimum absolute atomic E-state index is 0.0322. The number of amides is 1. The minimum Gasteiger partial charge on any atom is -0.390 e. The SMILES string of the molecule is CSCCCC(=O)N[C@@H]1c2ccccc2C[C@H]1O. The lowest BCUT2D eigenvalue weighted by atomic mass is 10.1. The molecule has 0 unspecified atom stereocenters. The Bertz CT molecular complexity index is 422. The largest absolute Gasteiger partial charge is 0.390 e. The van der Waals surface area contributed by atoms with E-state index in [1.54, 1.807) is 11.8 Å². The molecule has 0 saturated carbocycles. The van der Waals surface area contributed by atoms with Crippen LogP contribution in [0.3, 0.4) is 0 Å². The minimum atomic E-state index is -0.494. The summed E-state index contributed by atoms with van der Waals surface area (Å²) in [7, 11) is 0. The number of aliphatic hydroxyl groups excluding tert-OH is 1. The molecular weight excluding hydrogens is 246 g/mol. The summed E-state index contributed by atoms with van der Waals surface area (Å²) in [6.45, 7) is 0. The Morgan fingerprint density at radius 1 is 1.50 bits per heavy atom. The summed E-state index contributed by atoms with van der Waals surface area (Å²) in [5.74, 6) is 1.03. The Morgan fingerprint density at radius 2 is 2.28 bits per heavy atom. The summed E-state index contributed by atoms with van der Waals surface area (Å²) in [6, 6.07) is 7.68. The third kappa shape index (κ3) is 3.06. The predicted molar refractivity (Wildman–Crippen MR) is 74.7 cm³/mol. The lowest BCUT2D eigenvalue weighted by Gasteiger charge is -2.17. The van der Waals surface area contributed by atoms with E-state index in [0.29, 0.717) is 12.8 Å². The van der Waals surface area contributed by atoms with E-state index in [4.69, 9.17) is 0 Å². The molecule has 1 aliphatic carbocycles. The molecule has 2 atom stereocenters. The van der Waals surface area contributed by atoms with Gasteiger partial charge in [0.25, 0.3) is 0 Å². The van der Waals surface area contributed by atoms with Crippen molar-refractivity contribution in [3.05, 3.63) is 35.4 Å². The van der Waals surface area contributed by atoms with Crippen LogP contribution in [0.25, 0.3) is 0 Å². The molecule has 0 bridgehead atoms. The van der Waals surface area contributed by atoms with Crippen LogP contribution in [0.1, 0.15) is 30.0 Å². The summed E-state index contributed by atoms with van der Waals surface area (Å²) < 4.78 is 0. The molecule has 0 fully saturated rings. The Hall–Kier alpha value is -1.00. The molecule has 2 rings (SSSR count). The van der Waals surface area contributed by atoms with Crippen molar-refractivity contribution >= 4 is 17.7 Å². The van der Waals surface area contributed by atoms with Crippen LogP contribution in [-0.2, 0) is 11.2 Å². The summed E-state index contributed by atoms with van der Waals surface area (Å²) in [5.41, 5.74) is 2.20. The molecule has 1 aliphatic rings. The molecule has 2 N–H and O–H groups in total. The molecule has 98 valence electrons. The van der Waals surface area contributed by atoms with Gasteiger partial charge in [-0.25, -0.2) is 0 Å². The van der Waals surface area contributed by atoms with Gasteiger partial charge in [0.05, 0.1) is 12.1 Å². The maximum Gasteiger partial charge on any atom is 0.220 e. The molecule has 18 heavy (non-hydrogen) atoms. The highest BCUT2D eigenvalue weighted by molar-refractivity contribution is 7.98. The fourth-order valence-corrected chi connectivity index (χ4v) is 2.80. The van der Waals surface area contributed by atoms with Gasteiger partial charge in [-0.05, 0) is 29.6 Å². The van der Waals surface area contributed by atoms with E-state index >= 15 is 0 Å². The number of nitrogens with one attached hydrogen (secondary N) is 1. The highest BCUT2D eigenvalue weighted by Gasteiger charge is 2.31. The number of hydrogen-bond donors (Lipinski definition) is 2. The molecule has 1 aromatic carbocycles. The summed E-state index contributed by atoms with van der Waals surface area (Å²) >= 11 is 1.75. The summed E-state index contributed by atoms with van der Waals surface area (Å²) in [5, 5.41) is 13.0. The standard InChI is InChI=1S/C14H19NO2S/c1-18-8-4-7-13(17)15-14-11-6-3-2-5-10(11)9-12(14)16/h2-3,5-6,12,14,16H,4,7-9H2,1H3,(H,15,17)/t12-,14-/m1/s1. The number of thioether (sulfide) groups is 1. The molecule has 0 aliphatic heterocycles. The van der Waals surface area contributed by atoms with Crippen molar-refractivity contribution in [3.63, 3.8) is 0 Å². The molecule has 0 aromatic heterocycles. The fourth-order valence-electron chi connectivity index (χ4n) is 2.37. The average Bonchev–Trinajstić information content (AvgIpc) is 2.67. The fraction of sp³-hybridized carbons (Fsp3) is 0.500. The first-order valence-corrected chi connectivity index (χ1v) is 7.66. The first kappa shape index (κ1) is 13.4.